The van der Waals surface area contributed by atoms with Crippen LogP contribution in [0.25, 0.3) is 0 Å². The zero-order chi connectivity index (χ0) is 21.4. The number of rotatable bonds is 9. The number of carbonyl (C=O) groups excluding carboxylic acids is 1. The summed E-state index contributed by atoms with van der Waals surface area (Å²) in [6.07, 6.45) is 9.74. The van der Waals surface area contributed by atoms with Gasteiger partial charge in [-0.15, -0.1) is 11.8 Å². The smallest absolute Gasteiger partial charge is 0.307 e. The molecule has 4 bridgehead atoms. The second kappa shape index (κ2) is 8.76. The van der Waals surface area contributed by atoms with Crippen LogP contribution in [0.4, 0.5) is 0 Å². The van der Waals surface area contributed by atoms with Crippen molar-refractivity contribution in [2.45, 2.75) is 95.7 Å². The third-order valence-electron chi connectivity index (χ3n) is 8.00. The molecule has 5 rings (SSSR count). The monoisotopic (exact) mass is 430 g/mol. The molecular formula is C26H38O3S. The summed E-state index contributed by atoms with van der Waals surface area (Å²) in [6.45, 7) is 8.57. The van der Waals surface area contributed by atoms with Crippen LogP contribution in [0.5, 0.6) is 5.75 Å². The summed E-state index contributed by atoms with van der Waals surface area (Å²) in [5, 5.41) is 0. The van der Waals surface area contributed by atoms with E-state index in [4.69, 9.17) is 9.47 Å². The van der Waals surface area contributed by atoms with Crippen molar-refractivity contribution in [1.82, 2.24) is 0 Å². The molecule has 0 spiro atoms. The van der Waals surface area contributed by atoms with Gasteiger partial charge in [-0.3, -0.25) is 4.79 Å². The van der Waals surface area contributed by atoms with E-state index in [1.54, 1.807) is 11.8 Å². The van der Waals surface area contributed by atoms with Gasteiger partial charge in [-0.1, -0.05) is 6.92 Å². The molecule has 166 valence electrons. The summed E-state index contributed by atoms with van der Waals surface area (Å²) in [5.41, 5.74) is -0.129. The Bertz CT molecular complexity index is 704. The fourth-order valence-electron chi connectivity index (χ4n) is 6.47. The Morgan fingerprint density at radius 3 is 2.20 bits per heavy atom. The van der Waals surface area contributed by atoms with Crippen LogP contribution in [0.15, 0.2) is 29.2 Å². The third kappa shape index (κ3) is 4.69. The van der Waals surface area contributed by atoms with Gasteiger partial charge in [0.1, 0.15) is 11.4 Å². The zero-order valence-corrected chi connectivity index (χ0v) is 19.9. The Labute approximate surface area is 186 Å². The number of benzene rings is 1. The van der Waals surface area contributed by atoms with E-state index >= 15 is 0 Å². The molecule has 0 radical (unpaired) electrons. The summed E-state index contributed by atoms with van der Waals surface area (Å²) in [6, 6.07) is 8.19. The van der Waals surface area contributed by atoms with E-state index in [1.165, 1.54) is 43.4 Å². The second-order valence-corrected chi connectivity index (χ2v) is 11.8. The van der Waals surface area contributed by atoms with Gasteiger partial charge in [-0.05, 0) is 108 Å². The van der Waals surface area contributed by atoms with Gasteiger partial charge in [0.05, 0.1) is 12.5 Å². The van der Waals surface area contributed by atoms with Crippen LogP contribution in [0.2, 0.25) is 0 Å². The lowest BCUT2D eigenvalue weighted by atomic mass is 9.46. The average Bonchev–Trinajstić information content (AvgIpc) is 2.67. The van der Waals surface area contributed by atoms with Crippen LogP contribution in [-0.4, -0.2) is 23.4 Å². The maximum Gasteiger partial charge on any atom is 0.307 e. The van der Waals surface area contributed by atoms with Gasteiger partial charge in [0.15, 0.2) is 0 Å². The van der Waals surface area contributed by atoms with E-state index < -0.39 is 0 Å². The molecule has 0 saturated heterocycles. The Hall–Kier alpha value is -1.16. The van der Waals surface area contributed by atoms with Crippen LogP contribution >= 0.6 is 11.8 Å². The van der Waals surface area contributed by atoms with Gasteiger partial charge in [-0.2, -0.15) is 0 Å². The van der Waals surface area contributed by atoms with Crippen molar-refractivity contribution in [1.29, 1.82) is 0 Å². The Balaban J connectivity index is 1.26. The molecule has 0 N–H and O–H groups in total. The first-order valence-corrected chi connectivity index (χ1v) is 12.9. The van der Waals surface area contributed by atoms with Crippen LogP contribution < -0.4 is 4.74 Å². The quantitative estimate of drug-likeness (QED) is 0.316. The molecule has 4 aliphatic carbocycles. The van der Waals surface area contributed by atoms with Crippen molar-refractivity contribution < 1.29 is 14.3 Å². The highest BCUT2D eigenvalue weighted by molar-refractivity contribution is 7.99. The molecule has 4 aliphatic rings. The van der Waals surface area contributed by atoms with E-state index in [9.17, 15) is 4.79 Å². The molecule has 30 heavy (non-hydrogen) atoms. The van der Waals surface area contributed by atoms with E-state index in [0.717, 1.165) is 35.7 Å². The molecule has 0 aliphatic heterocycles. The molecule has 4 heteroatoms. The minimum absolute atomic E-state index is 0.0417. The van der Waals surface area contributed by atoms with Crippen molar-refractivity contribution in [2.24, 2.45) is 23.2 Å². The first-order valence-electron chi connectivity index (χ1n) is 11.9. The highest BCUT2D eigenvalue weighted by Crippen LogP contribution is 2.64. The molecule has 0 heterocycles. The van der Waals surface area contributed by atoms with Crippen molar-refractivity contribution in [3.63, 3.8) is 0 Å². The maximum absolute atomic E-state index is 12.7. The lowest BCUT2D eigenvalue weighted by Gasteiger charge is -2.61. The minimum Gasteiger partial charge on any atom is -0.491 e. The van der Waals surface area contributed by atoms with Crippen molar-refractivity contribution >= 4 is 17.7 Å². The highest BCUT2D eigenvalue weighted by Gasteiger charge is 2.58. The Morgan fingerprint density at radius 1 is 1.10 bits per heavy atom. The number of thioether (sulfide) groups is 1. The number of carbonyl (C=O) groups is 1. The Morgan fingerprint density at radius 2 is 1.67 bits per heavy atom. The summed E-state index contributed by atoms with van der Waals surface area (Å²) in [4.78, 5) is 13.9. The standard InChI is InChI=1S/C26H38O3S/c1-5-18(2)28-22-6-8-23(9-7-22)30-11-10-24(27)29-25(3,4)26-15-19-12-20(16-26)14-21(13-19)17-26/h6-9,18-21H,5,10-17H2,1-4H3. The van der Waals surface area contributed by atoms with Crippen LogP contribution in [0.3, 0.4) is 0 Å². The lowest BCUT2D eigenvalue weighted by Crippen LogP contribution is -2.57. The van der Waals surface area contributed by atoms with Gasteiger partial charge < -0.3 is 9.47 Å². The molecule has 1 atom stereocenters. The van der Waals surface area contributed by atoms with E-state index in [0.29, 0.717) is 6.42 Å². The molecule has 3 nitrogen and oxygen atoms in total. The second-order valence-electron chi connectivity index (χ2n) is 10.6. The predicted molar refractivity (Wildman–Crippen MR) is 123 cm³/mol. The SMILES string of the molecule is CCC(C)Oc1ccc(SCCC(=O)OC(C)(C)C23CC4CC(CC(C4)C2)C3)cc1. The number of ether oxygens (including phenoxy) is 2. The van der Waals surface area contributed by atoms with Gasteiger partial charge in [0.25, 0.3) is 0 Å². The van der Waals surface area contributed by atoms with Crippen LogP contribution in [0, 0.1) is 23.2 Å². The maximum atomic E-state index is 12.7. The number of hydrogen-bond donors (Lipinski definition) is 0. The fraction of sp³-hybridized carbons (Fsp3) is 0.731. The average molecular weight is 431 g/mol. The molecule has 4 saturated carbocycles. The number of esters is 1. The predicted octanol–water partition coefficient (Wildman–Crippen LogP) is 6.88. The van der Waals surface area contributed by atoms with E-state index in [-0.39, 0.29) is 23.1 Å². The minimum atomic E-state index is -0.348. The Kier molecular flexibility index (Phi) is 6.44. The number of hydrogen-bond acceptors (Lipinski definition) is 4. The highest BCUT2D eigenvalue weighted by atomic mass is 32.2. The molecule has 0 aromatic heterocycles. The van der Waals surface area contributed by atoms with Crippen LogP contribution in [0.1, 0.15) is 79.1 Å². The molecule has 4 fully saturated rings. The molecule has 1 aromatic rings. The van der Waals surface area contributed by atoms with Gasteiger partial charge in [-0.25, -0.2) is 0 Å². The zero-order valence-electron chi connectivity index (χ0n) is 19.1. The van der Waals surface area contributed by atoms with Gasteiger partial charge in [0, 0.05) is 16.1 Å². The fourth-order valence-corrected chi connectivity index (χ4v) is 7.31. The summed E-state index contributed by atoms with van der Waals surface area (Å²) >= 11 is 1.71. The summed E-state index contributed by atoms with van der Waals surface area (Å²) in [7, 11) is 0. The first kappa shape index (κ1) is 22.0. The molecule has 0 amide bonds. The van der Waals surface area contributed by atoms with Crippen molar-refractivity contribution in [2.75, 3.05) is 5.75 Å². The molecule has 1 unspecified atom stereocenters. The topological polar surface area (TPSA) is 35.5 Å². The van der Waals surface area contributed by atoms with E-state index in [2.05, 4.69) is 39.8 Å². The molecule has 1 aromatic carbocycles. The summed E-state index contributed by atoms with van der Waals surface area (Å²) in [5.74, 6) is 4.23. The van der Waals surface area contributed by atoms with Crippen molar-refractivity contribution in [3.05, 3.63) is 24.3 Å². The van der Waals surface area contributed by atoms with Gasteiger partial charge >= 0.3 is 5.97 Å². The molecular weight excluding hydrogens is 392 g/mol. The van der Waals surface area contributed by atoms with Crippen molar-refractivity contribution in [3.8, 4) is 5.75 Å². The third-order valence-corrected chi connectivity index (χ3v) is 9.01. The van der Waals surface area contributed by atoms with E-state index in [1.807, 2.05) is 12.1 Å². The first-order chi connectivity index (χ1) is 14.3. The summed E-state index contributed by atoms with van der Waals surface area (Å²) < 4.78 is 12.0. The van der Waals surface area contributed by atoms with Crippen LogP contribution in [-0.2, 0) is 9.53 Å². The normalized spacial score (nSPS) is 30.9. The largest absolute Gasteiger partial charge is 0.491 e. The lowest BCUT2D eigenvalue weighted by molar-refractivity contribution is -0.198. The van der Waals surface area contributed by atoms with Gasteiger partial charge in [0.2, 0.25) is 0 Å².